The van der Waals surface area contributed by atoms with Gasteiger partial charge in [-0.05, 0) is 44.9 Å². The monoisotopic (exact) mass is 840 g/mol. The maximum Gasteiger partial charge on any atom is 0.306 e. The van der Waals surface area contributed by atoms with Gasteiger partial charge in [0.25, 0.3) is 7.82 Å². The minimum Gasteiger partial charge on any atom is -0.756 e. The molecule has 2 unspecified atom stereocenters. The van der Waals surface area contributed by atoms with Crippen molar-refractivity contribution in [3.05, 3.63) is 36.5 Å². The fraction of sp³-hybridized carbons (Fsp3) is 0.857. The molecule has 0 saturated heterocycles. The number of allylic oxidation sites excluding steroid dienone is 6. The summed E-state index contributed by atoms with van der Waals surface area (Å²) in [6, 6.07) is 0. The molecule has 0 aromatic rings. The van der Waals surface area contributed by atoms with Gasteiger partial charge in [-0.25, -0.2) is 0 Å². The molecule has 58 heavy (non-hydrogen) atoms. The van der Waals surface area contributed by atoms with Crippen LogP contribution in [0.5, 0.6) is 0 Å². The molecule has 0 saturated carbocycles. The largest absolute Gasteiger partial charge is 0.756 e. The Labute approximate surface area is 359 Å². The second kappa shape index (κ2) is 42.4. The number of carbonyl (C=O) groups excluding carboxylic acids is 1. The van der Waals surface area contributed by atoms with Crippen LogP contribution in [0.3, 0.4) is 0 Å². The number of rotatable bonds is 45. The standard InChI is InChI=1S/C49H94NO7P/c1-6-8-10-12-14-16-18-20-22-23-24-25-26-27-29-31-33-35-37-39-41-44-54-46-48(47-56-58(52,53)55-45-43-50(3,4)5)57-49(51)42-40-38-36-34-32-30-28-21-19-17-15-13-11-9-7-2/h9,11,15,17,21,28,48H,6-8,10,12-14,16,18-20,22-27,29-47H2,1-5H3/b11-9-,17-15-,28-21-. The van der Waals surface area contributed by atoms with Gasteiger partial charge in [0.2, 0.25) is 0 Å². The molecule has 0 radical (unpaired) electrons. The lowest BCUT2D eigenvalue weighted by atomic mass is 10.0. The predicted molar refractivity (Wildman–Crippen MR) is 245 cm³/mol. The van der Waals surface area contributed by atoms with Crippen LogP contribution in [-0.4, -0.2) is 70.7 Å². The van der Waals surface area contributed by atoms with E-state index >= 15 is 0 Å². The molecule has 0 aliphatic heterocycles. The molecule has 0 aromatic heterocycles. The number of carbonyl (C=O) groups is 1. The number of esters is 1. The zero-order chi connectivity index (χ0) is 42.7. The molecular formula is C49H94NO7P. The minimum atomic E-state index is -4.53. The summed E-state index contributed by atoms with van der Waals surface area (Å²) in [6.45, 7) is 5.31. The molecule has 2 atom stereocenters. The molecule has 0 bridgehead atoms. The summed E-state index contributed by atoms with van der Waals surface area (Å²) in [5.41, 5.74) is 0. The molecule has 0 amide bonds. The number of phosphoric ester groups is 1. The quantitative estimate of drug-likeness (QED) is 0.0198. The number of likely N-dealkylation sites (N-methyl/N-ethyl adjacent to an activating group) is 1. The van der Waals surface area contributed by atoms with Gasteiger partial charge in [0.15, 0.2) is 0 Å². The van der Waals surface area contributed by atoms with E-state index in [0.29, 0.717) is 24.1 Å². The van der Waals surface area contributed by atoms with Crippen LogP contribution in [-0.2, 0) is 27.9 Å². The summed E-state index contributed by atoms with van der Waals surface area (Å²) in [5, 5.41) is 0. The van der Waals surface area contributed by atoms with E-state index in [-0.39, 0.29) is 25.8 Å². The Kier molecular flexibility index (Phi) is 41.5. The first-order chi connectivity index (χ1) is 28.1. The van der Waals surface area contributed by atoms with E-state index in [2.05, 4.69) is 50.3 Å². The van der Waals surface area contributed by atoms with Crippen LogP contribution < -0.4 is 4.89 Å². The summed E-state index contributed by atoms with van der Waals surface area (Å²) < 4.78 is 34.7. The second-order valence-corrected chi connectivity index (χ2v) is 18.9. The van der Waals surface area contributed by atoms with Crippen LogP contribution >= 0.6 is 7.82 Å². The van der Waals surface area contributed by atoms with Gasteiger partial charge < -0.3 is 27.9 Å². The average molecular weight is 840 g/mol. The van der Waals surface area contributed by atoms with E-state index in [1.807, 2.05) is 21.1 Å². The van der Waals surface area contributed by atoms with Crippen molar-refractivity contribution in [1.29, 1.82) is 0 Å². The van der Waals surface area contributed by atoms with Gasteiger partial charge in [-0.1, -0.05) is 198 Å². The number of hydrogen-bond acceptors (Lipinski definition) is 7. The molecule has 0 N–H and O–H groups in total. The van der Waals surface area contributed by atoms with Crippen molar-refractivity contribution in [3.63, 3.8) is 0 Å². The third-order valence-corrected chi connectivity index (χ3v) is 11.4. The van der Waals surface area contributed by atoms with Gasteiger partial charge >= 0.3 is 5.97 Å². The van der Waals surface area contributed by atoms with Crippen LogP contribution in [0.4, 0.5) is 0 Å². The average Bonchev–Trinajstić information content (AvgIpc) is 3.18. The van der Waals surface area contributed by atoms with Crippen LogP contribution in [0.15, 0.2) is 36.5 Å². The lowest BCUT2D eigenvalue weighted by Crippen LogP contribution is -2.37. The van der Waals surface area contributed by atoms with Crippen molar-refractivity contribution in [2.24, 2.45) is 0 Å². The van der Waals surface area contributed by atoms with Crippen LogP contribution in [0, 0.1) is 0 Å². The van der Waals surface area contributed by atoms with E-state index in [1.165, 1.54) is 122 Å². The normalized spacial score (nSPS) is 14.0. The maximum absolute atomic E-state index is 12.7. The third-order valence-electron chi connectivity index (χ3n) is 10.5. The molecule has 0 aliphatic carbocycles. The summed E-state index contributed by atoms with van der Waals surface area (Å²) in [4.78, 5) is 25.1. The van der Waals surface area contributed by atoms with Gasteiger partial charge in [-0.3, -0.25) is 9.36 Å². The Morgan fingerprint density at radius 1 is 0.552 bits per heavy atom. The van der Waals surface area contributed by atoms with Gasteiger partial charge in [-0.2, -0.15) is 0 Å². The third kappa shape index (κ3) is 45.8. The number of hydrogen-bond donors (Lipinski definition) is 0. The van der Waals surface area contributed by atoms with E-state index < -0.39 is 13.9 Å². The Morgan fingerprint density at radius 2 is 1.00 bits per heavy atom. The van der Waals surface area contributed by atoms with Crippen molar-refractivity contribution in [2.75, 3.05) is 54.1 Å². The van der Waals surface area contributed by atoms with Crippen LogP contribution in [0.2, 0.25) is 0 Å². The van der Waals surface area contributed by atoms with Gasteiger partial charge in [-0.15, -0.1) is 0 Å². The van der Waals surface area contributed by atoms with Gasteiger partial charge in [0.05, 0.1) is 34.4 Å². The first-order valence-corrected chi connectivity index (χ1v) is 25.7. The van der Waals surface area contributed by atoms with Crippen molar-refractivity contribution < 1.29 is 37.3 Å². The number of unbranched alkanes of at least 4 members (excludes halogenated alkanes) is 25. The van der Waals surface area contributed by atoms with Crippen molar-refractivity contribution >= 4 is 13.8 Å². The smallest absolute Gasteiger partial charge is 0.306 e. The first kappa shape index (κ1) is 56.7. The molecule has 342 valence electrons. The van der Waals surface area contributed by atoms with E-state index in [4.69, 9.17) is 18.5 Å². The van der Waals surface area contributed by atoms with Gasteiger partial charge in [0.1, 0.15) is 19.3 Å². The Bertz CT molecular complexity index is 1020. The highest BCUT2D eigenvalue weighted by molar-refractivity contribution is 7.45. The van der Waals surface area contributed by atoms with Crippen molar-refractivity contribution in [2.45, 2.75) is 219 Å². The highest BCUT2D eigenvalue weighted by atomic mass is 31.2. The topological polar surface area (TPSA) is 94.1 Å². The van der Waals surface area contributed by atoms with E-state index in [0.717, 1.165) is 70.6 Å². The van der Waals surface area contributed by atoms with Gasteiger partial charge in [0, 0.05) is 13.0 Å². The van der Waals surface area contributed by atoms with Crippen LogP contribution in [0.25, 0.3) is 0 Å². The SMILES string of the molecule is CC/C=C\C/C=C\C/C=C\CCCCCCCC(=O)OC(COCCCCCCCCCCCCCCCCCCCCCCC)COP(=O)([O-])OCC[N+](C)(C)C. The Morgan fingerprint density at radius 3 is 1.50 bits per heavy atom. The first-order valence-electron chi connectivity index (χ1n) is 24.2. The number of quaternary nitrogens is 1. The molecule has 0 fully saturated rings. The summed E-state index contributed by atoms with van der Waals surface area (Å²) >= 11 is 0. The maximum atomic E-state index is 12.7. The molecule has 8 nitrogen and oxygen atoms in total. The van der Waals surface area contributed by atoms with Crippen molar-refractivity contribution in [1.82, 2.24) is 0 Å². The molecule has 0 rings (SSSR count). The van der Waals surface area contributed by atoms with Crippen molar-refractivity contribution in [3.8, 4) is 0 Å². The molecule has 0 spiro atoms. The zero-order valence-corrected chi connectivity index (χ0v) is 39.6. The fourth-order valence-corrected chi connectivity index (χ4v) is 7.47. The van der Waals surface area contributed by atoms with E-state index in [1.54, 1.807) is 0 Å². The highest BCUT2D eigenvalue weighted by Crippen LogP contribution is 2.38. The summed E-state index contributed by atoms with van der Waals surface area (Å²) in [6.07, 6.45) is 50.2. The fourth-order valence-electron chi connectivity index (χ4n) is 6.74. The Hall–Kier alpha value is -1.28. The molecular weight excluding hydrogens is 746 g/mol. The van der Waals surface area contributed by atoms with E-state index in [9.17, 15) is 14.3 Å². The Balaban J connectivity index is 4.14. The van der Waals surface area contributed by atoms with Crippen LogP contribution in [0.1, 0.15) is 213 Å². The summed E-state index contributed by atoms with van der Waals surface area (Å²) in [5.74, 6) is -0.348. The lowest BCUT2D eigenvalue weighted by Gasteiger charge is -2.28. The highest BCUT2D eigenvalue weighted by Gasteiger charge is 2.20. The lowest BCUT2D eigenvalue weighted by molar-refractivity contribution is -0.870. The number of phosphoric acid groups is 1. The zero-order valence-electron chi connectivity index (χ0n) is 38.7. The predicted octanol–water partition coefficient (Wildman–Crippen LogP) is 13.9. The number of nitrogens with zero attached hydrogens (tertiary/aromatic N) is 1. The molecule has 0 heterocycles. The molecule has 9 heteroatoms. The minimum absolute atomic E-state index is 0.0234. The number of ether oxygens (including phenoxy) is 2. The molecule has 0 aliphatic rings. The summed E-state index contributed by atoms with van der Waals surface area (Å²) in [7, 11) is 1.35. The second-order valence-electron chi connectivity index (χ2n) is 17.4. The molecule has 0 aromatic carbocycles.